The molecule has 1 atom stereocenters. The fourth-order valence-electron chi connectivity index (χ4n) is 1.86. The first kappa shape index (κ1) is 17.2. The zero-order chi connectivity index (χ0) is 15.0. The van der Waals surface area contributed by atoms with Crippen molar-refractivity contribution in [2.45, 2.75) is 40.2 Å². The zero-order valence-corrected chi connectivity index (χ0v) is 14.8. The molecule has 0 heterocycles. The molecule has 0 aliphatic carbocycles. The molecule has 1 aromatic rings. The van der Waals surface area contributed by atoms with Gasteiger partial charge in [-0.3, -0.25) is 0 Å². The van der Waals surface area contributed by atoms with Crippen LogP contribution in [0.2, 0.25) is 0 Å². The van der Waals surface area contributed by atoms with Crippen LogP contribution in [0.15, 0.2) is 53.5 Å². The Morgan fingerprint density at radius 1 is 1.30 bits per heavy atom. The maximum atomic E-state index is 5.94. The molecule has 0 bridgehead atoms. The summed E-state index contributed by atoms with van der Waals surface area (Å²) in [4.78, 5) is 0. The Morgan fingerprint density at radius 2 is 1.95 bits per heavy atom. The Kier molecular flexibility index (Phi) is 7.29. The van der Waals surface area contributed by atoms with Crippen molar-refractivity contribution in [1.29, 1.82) is 0 Å². The van der Waals surface area contributed by atoms with E-state index in [4.69, 9.17) is 4.74 Å². The first-order valence-electron chi connectivity index (χ1n) is 7.14. The molecule has 20 heavy (non-hydrogen) atoms. The Bertz CT molecular complexity index is 428. The molecule has 0 N–H and O–H groups in total. The summed E-state index contributed by atoms with van der Waals surface area (Å²) >= 11 is 0.303. The van der Waals surface area contributed by atoms with E-state index in [0.717, 1.165) is 13.0 Å². The maximum absolute atomic E-state index is 5.94. The van der Waals surface area contributed by atoms with Crippen molar-refractivity contribution >= 4 is 19.4 Å². The molecule has 0 aliphatic rings. The van der Waals surface area contributed by atoms with Crippen LogP contribution < -0.4 is 4.46 Å². The van der Waals surface area contributed by atoms with Gasteiger partial charge in [0, 0.05) is 0 Å². The van der Waals surface area contributed by atoms with E-state index >= 15 is 0 Å². The Balaban J connectivity index is 3.00. The van der Waals surface area contributed by atoms with Gasteiger partial charge in [0.1, 0.15) is 0 Å². The molecular formula is C18H26OSe. The summed E-state index contributed by atoms with van der Waals surface area (Å²) in [6, 6.07) is 10.7. The summed E-state index contributed by atoms with van der Waals surface area (Å²) in [5, 5.41) is 0. The SMILES string of the molecule is C=CCC(OCC)/C(=C/C(C)(C)C)[Se]c1ccccc1. The van der Waals surface area contributed by atoms with E-state index in [2.05, 4.69) is 70.7 Å². The molecule has 1 aromatic carbocycles. The molecule has 0 aliphatic heterocycles. The quantitative estimate of drug-likeness (QED) is 0.541. The molecule has 1 nitrogen and oxygen atoms in total. The molecule has 1 unspecified atom stereocenters. The third-order valence-corrected chi connectivity index (χ3v) is 4.98. The van der Waals surface area contributed by atoms with Crippen LogP contribution in [0.1, 0.15) is 34.1 Å². The van der Waals surface area contributed by atoms with Gasteiger partial charge in [0.25, 0.3) is 0 Å². The number of rotatable bonds is 7. The standard InChI is InChI=1S/C18H26OSe/c1-6-11-16(19-7-2)17(14-18(3,4)5)20-15-12-9-8-10-13-15/h6,8-10,12-14,16H,1,7,11H2,2-5H3/b17-14-. The second kappa shape index (κ2) is 8.46. The fourth-order valence-corrected chi connectivity index (χ4v) is 4.53. The van der Waals surface area contributed by atoms with Crippen molar-refractivity contribution in [3.8, 4) is 0 Å². The molecule has 0 saturated carbocycles. The Labute approximate surface area is 130 Å². The van der Waals surface area contributed by atoms with Gasteiger partial charge in [0.15, 0.2) is 0 Å². The van der Waals surface area contributed by atoms with E-state index in [1.807, 2.05) is 6.08 Å². The summed E-state index contributed by atoms with van der Waals surface area (Å²) in [6.07, 6.45) is 5.38. The normalized spacial score (nSPS) is 14.1. The summed E-state index contributed by atoms with van der Waals surface area (Å²) in [5.41, 5.74) is 0.169. The van der Waals surface area contributed by atoms with Crippen LogP contribution in [0, 0.1) is 5.41 Å². The van der Waals surface area contributed by atoms with Crippen LogP contribution in [0.25, 0.3) is 0 Å². The van der Waals surface area contributed by atoms with Crippen molar-refractivity contribution in [2.24, 2.45) is 5.41 Å². The van der Waals surface area contributed by atoms with Crippen LogP contribution in [-0.4, -0.2) is 27.7 Å². The van der Waals surface area contributed by atoms with Crippen molar-refractivity contribution < 1.29 is 4.74 Å². The summed E-state index contributed by atoms with van der Waals surface area (Å²) in [6.45, 7) is 13.4. The van der Waals surface area contributed by atoms with Gasteiger partial charge < -0.3 is 0 Å². The second-order valence-electron chi connectivity index (χ2n) is 5.80. The fraction of sp³-hybridized carbons (Fsp3) is 0.444. The zero-order valence-electron chi connectivity index (χ0n) is 13.1. The molecule has 0 aromatic heterocycles. The molecule has 110 valence electrons. The average Bonchev–Trinajstić information content (AvgIpc) is 2.37. The van der Waals surface area contributed by atoms with Gasteiger partial charge in [0.05, 0.1) is 0 Å². The number of hydrogen-bond acceptors (Lipinski definition) is 1. The predicted molar refractivity (Wildman–Crippen MR) is 89.6 cm³/mol. The van der Waals surface area contributed by atoms with E-state index in [1.54, 1.807) is 0 Å². The minimum atomic E-state index is 0.164. The van der Waals surface area contributed by atoms with Crippen molar-refractivity contribution in [1.82, 2.24) is 0 Å². The van der Waals surface area contributed by atoms with Crippen LogP contribution in [0.3, 0.4) is 0 Å². The third kappa shape index (κ3) is 6.56. The molecule has 0 spiro atoms. The second-order valence-corrected chi connectivity index (χ2v) is 8.20. The monoisotopic (exact) mass is 338 g/mol. The number of hydrogen-bond donors (Lipinski definition) is 0. The molecule has 0 saturated heterocycles. The number of benzene rings is 1. The molecule has 0 fully saturated rings. The van der Waals surface area contributed by atoms with Gasteiger partial charge in [-0.1, -0.05) is 0 Å². The topological polar surface area (TPSA) is 9.23 Å². The third-order valence-electron chi connectivity index (χ3n) is 2.62. The van der Waals surface area contributed by atoms with E-state index < -0.39 is 0 Å². The summed E-state index contributed by atoms with van der Waals surface area (Å²) < 4.78 is 8.75. The number of allylic oxidation sites excluding steroid dienone is 1. The van der Waals surface area contributed by atoms with Crippen LogP contribution in [0.4, 0.5) is 0 Å². The Hall–Kier alpha value is -0.821. The average molecular weight is 337 g/mol. The van der Waals surface area contributed by atoms with Gasteiger partial charge in [-0.15, -0.1) is 0 Å². The van der Waals surface area contributed by atoms with Gasteiger partial charge >= 0.3 is 130 Å². The van der Waals surface area contributed by atoms with E-state index in [1.165, 1.54) is 8.93 Å². The van der Waals surface area contributed by atoms with Crippen LogP contribution in [-0.2, 0) is 4.74 Å². The van der Waals surface area contributed by atoms with Gasteiger partial charge in [-0.25, -0.2) is 0 Å². The van der Waals surface area contributed by atoms with E-state index in [0.29, 0.717) is 15.0 Å². The van der Waals surface area contributed by atoms with Gasteiger partial charge in [-0.05, 0) is 0 Å². The van der Waals surface area contributed by atoms with Crippen molar-refractivity contribution in [3.05, 3.63) is 53.5 Å². The molecular weight excluding hydrogens is 311 g/mol. The minimum absolute atomic E-state index is 0.164. The molecule has 0 amide bonds. The number of ether oxygens (including phenoxy) is 1. The van der Waals surface area contributed by atoms with Crippen molar-refractivity contribution in [3.63, 3.8) is 0 Å². The van der Waals surface area contributed by atoms with Crippen LogP contribution in [0.5, 0.6) is 0 Å². The summed E-state index contributed by atoms with van der Waals surface area (Å²) in [5.74, 6) is 0. The van der Waals surface area contributed by atoms with Gasteiger partial charge in [0.2, 0.25) is 0 Å². The van der Waals surface area contributed by atoms with E-state index in [-0.39, 0.29) is 11.5 Å². The summed E-state index contributed by atoms with van der Waals surface area (Å²) in [7, 11) is 0. The van der Waals surface area contributed by atoms with Crippen LogP contribution >= 0.6 is 0 Å². The molecule has 0 radical (unpaired) electrons. The Morgan fingerprint density at radius 3 is 2.45 bits per heavy atom. The predicted octanol–water partition coefficient (Wildman–Crippen LogP) is 3.93. The van der Waals surface area contributed by atoms with Gasteiger partial charge in [-0.2, -0.15) is 0 Å². The van der Waals surface area contributed by atoms with E-state index in [9.17, 15) is 0 Å². The molecule has 2 heteroatoms. The molecule has 1 rings (SSSR count). The van der Waals surface area contributed by atoms with Crippen molar-refractivity contribution in [2.75, 3.05) is 6.61 Å². The first-order valence-corrected chi connectivity index (χ1v) is 8.85. The first-order chi connectivity index (χ1) is 9.46.